The number of halogens is 1. The van der Waals surface area contributed by atoms with E-state index in [2.05, 4.69) is 46.1 Å². The van der Waals surface area contributed by atoms with E-state index in [1.165, 1.54) is 6.42 Å². The minimum Gasteiger partial charge on any atom is -0.376 e. The molecule has 2 rings (SSSR count). The molecule has 1 aliphatic rings. The van der Waals surface area contributed by atoms with Gasteiger partial charge in [0.1, 0.15) is 0 Å². The Labute approximate surface area is 111 Å². The molecule has 0 bridgehead atoms. The maximum absolute atomic E-state index is 5.79. The van der Waals surface area contributed by atoms with E-state index in [-0.39, 0.29) is 0 Å². The second-order valence-corrected chi connectivity index (χ2v) is 5.62. The Morgan fingerprint density at radius 1 is 1.35 bits per heavy atom. The van der Waals surface area contributed by atoms with E-state index >= 15 is 0 Å². The number of hydrogen-bond donors (Lipinski definition) is 0. The van der Waals surface area contributed by atoms with E-state index in [0.717, 1.165) is 29.0 Å². The van der Waals surface area contributed by atoms with Gasteiger partial charge in [0.05, 0.1) is 13.2 Å². The fraction of sp³-hybridized carbons (Fsp3) is 0.500. The molecule has 0 radical (unpaired) electrons. The summed E-state index contributed by atoms with van der Waals surface area (Å²) < 4.78 is 6.80. The van der Waals surface area contributed by atoms with Crippen molar-refractivity contribution in [3.63, 3.8) is 0 Å². The Kier molecular flexibility index (Phi) is 4.75. The third kappa shape index (κ3) is 3.93. The normalized spacial score (nSPS) is 23.9. The molecule has 1 heterocycles. The summed E-state index contributed by atoms with van der Waals surface area (Å²) in [5.74, 6) is 1.40. The van der Waals surface area contributed by atoms with Crippen LogP contribution in [-0.2, 0) is 11.3 Å². The van der Waals surface area contributed by atoms with Gasteiger partial charge in [-0.2, -0.15) is 0 Å². The van der Waals surface area contributed by atoms with Crippen LogP contribution in [0, 0.1) is 11.8 Å². The quantitative estimate of drug-likeness (QED) is 0.785. The van der Waals surface area contributed by atoms with Crippen LogP contribution in [0.5, 0.6) is 0 Å². The van der Waals surface area contributed by atoms with Gasteiger partial charge in [-0.15, -0.1) is 0 Å². The SMILES string of the molecule is CC1CC=CCC1COCc1cncc(Br)c1. The Bertz CT molecular complexity index is 392. The fourth-order valence-corrected chi connectivity index (χ4v) is 2.51. The van der Waals surface area contributed by atoms with Crippen molar-refractivity contribution >= 4 is 15.9 Å². The van der Waals surface area contributed by atoms with Crippen LogP contribution in [-0.4, -0.2) is 11.6 Å². The van der Waals surface area contributed by atoms with Gasteiger partial charge in [0.25, 0.3) is 0 Å². The first-order valence-electron chi connectivity index (χ1n) is 6.08. The zero-order valence-electron chi connectivity index (χ0n) is 10.1. The van der Waals surface area contributed by atoms with Crippen molar-refractivity contribution in [3.8, 4) is 0 Å². The van der Waals surface area contributed by atoms with Crippen LogP contribution < -0.4 is 0 Å². The number of aromatic nitrogens is 1. The molecule has 0 amide bonds. The van der Waals surface area contributed by atoms with Gasteiger partial charge in [-0.1, -0.05) is 19.1 Å². The highest BCUT2D eigenvalue weighted by Gasteiger charge is 2.18. The molecule has 0 fully saturated rings. The molecule has 0 aliphatic heterocycles. The second kappa shape index (κ2) is 6.31. The summed E-state index contributed by atoms with van der Waals surface area (Å²) in [7, 11) is 0. The molecule has 17 heavy (non-hydrogen) atoms. The van der Waals surface area contributed by atoms with E-state index in [1.807, 2.05) is 6.20 Å². The molecule has 0 spiro atoms. The van der Waals surface area contributed by atoms with Gasteiger partial charge >= 0.3 is 0 Å². The third-order valence-corrected chi connectivity index (χ3v) is 3.71. The van der Waals surface area contributed by atoms with E-state index in [4.69, 9.17) is 4.74 Å². The monoisotopic (exact) mass is 295 g/mol. The second-order valence-electron chi connectivity index (χ2n) is 4.71. The van der Waals surface area contributed by atoms with Gasteiger partial charge in [-0.3, -0.25) is 4.98 Å². The van der Waals surface area contributed by atoms with Crippen LogP contribution in [0.1, 0.15) is 25.3 Å². The zero-order valence-corrected chi connectivity index (χ0v) is 11.7. The maximum Gasteiger partial charge on any atom is 0.0732 e. The standard InChI is InChI=1S/C14H18BrNO/c1-11-4-2-3-5-13(11)10-17-9-12-6-14(15)8-16-7-12/h2-3,6-8,11,13H,4-5,9-10H2,1H3. The van der Waals surface area contributed by atoms with Crippen LogP contribution in [0.15, 0.2) is 35.1 Å². The van der Waals surface area contributed by atoms with Crippen LogP contribution in [0.2, 0.25) is 0 Å². The number of rotatable bonds is 4. The summed E-state index contributed by atoms with van der Waals surface area (Å²) in [6.45, 7) is 3.80. The van der Waals surface area contributed by atoms with Crippen molar-refractivity contribution in [1.29, 1.82) is 0 Å². The molecular formula is C14H18BrNO. The van der Waals surface area contributed by atoms with Gasteiger partial charge in [0, 0.05) is 16.9 Å². The Morgan fingerprint density at radius 2 is 2.18 bits per heavy atom. The van der Waals surface area contributed by atoms with Crippen molar-refractivity contribution < 1.29 is 4.74 Å². The summed E-state index contributed by atoms with van der Waals surface area (Å²) in [6.07, 6.45) is 10.5. The number of allylic oxidation sites excluding steroid dienone is 2. The van der Waals surface area contributed by atoms with Gasteiger partial charge in [0.15, 0.2) is 0 Å². The third-order valence-electron chi connectivity index (χ3n) is 3.28. The predicted octanol–water partition coefficient (Wildman–Crippen LogP) is 3.96. The number of ether oxygens (including phenoxy) is 1. The molecule has 92 valence electrons. The first-order chi connectivity index (χ1) is 8.25. The van der Waals surface area contributed by atoms with Crippen LogP contribution in [0.3, 0.4) is 0 Å². The summed E-state index contributed by atoms with van der Waals surface area (Å²) in [5.41, 5.74) is 1.12. The van der Waals surface area contributed by atoms with Crippen molar-refractivity contribution in [3.05, 3.63) is 40.6 Å². The molecule has 0 saturated carbocycles. The van der Waals surface area contributed by atoms with E-state index < -0.39 is 0 Å². The molecule has 3 heteroatoms. The summed E-state index contributed by atoms with van der Waals surface area (Å²) in [6, 6.07) is 2.05. The minimum absolute atomic E-state index is 0.652. The molecule has 2 atom stereocenters. The fourth-order valence-electron chi connectivity index (χ4n) is 2.10. The number of hydrogen-bond acceptors (Lipinski definition) is 2. The molecule has 0 N–H and O–H groups in total. The highest BCUT2D eigenvalue weighted by molar-refractivity contribution is 9.10. The Hall–Kier alpha value is -0.670. The smallest absolute Gasteiger partial charge is 0.0732 e. The van der Waals surface area contributed by atoms with Crippen molar-refractivity contribution in [2.45, 2.75) is 26.4 Å². The average Bonchev–Trinajstić information content (AvgIpc) is 2.32. The Morgan fingerprint density at radius 3 is 2.94 bits per heavy atom. The van der Waals surface area contributed by atoms with Crippen molar-refractivity contribution in [2.24, 2.45) is 11.8 Å². The van der Waals surface area contributed by atoms with E-state index in [0.29, 0.717) is 12.5 Å². The van der Waals surface area contributed by atoms with Crippen molar-refractivity contribution in [1.82, 2.24) is 4.98 Å². The van der Waals surface area contributed by atoms with Crippen molar-refractivity contribution in [2.75, 3.05) is 6.61 Å². The highest BCUT2D eigenvalue weighted by atomic mass is 79.9. The topological polar surface area (TPSA) is 22.1 Å². The number of pyridine rings is 1. The molecular weight excluding hydrogens is 278 g/mol. The lowest BCUT2D eigenvalue weighted by molar-refractivity contribution is 0.0679. The zero-order chi connectivity index (χ0) is 12.1. The average molecular weight is 296 g/mol. The van der Waals surface area contributed by atoms with Gasteiger partial charge in [-0.25, -0.2) is 0 Å². The summed E-state index contributed by atoms with van der Waals surface area (Å²) in [4.78, 5) is 4.13. The maximum atomic E-state index is 5.79. The molecule has 1 aliphatic carbocycles. The van der Waals surface area contributed by atoms with Crippen LogP contribution in [0.4, 0.5) is 0 Å². The lowest BCUT2D eigenvalue weighted by atomic mass is 9.85. The van der Waals surface area contributed by atoms with Gasteiger partial charge in [0.2, 0.25) is 0 Å². The van der Waals surface area contributed by atoms with E-state index in [1.54, 1.807) is 6.20 Å². The molecule has 0 aromatic carbocycles. The lowest BCUT2D eigenvalue weighted by Gasteiger charge is -2.24. The molecule has 1 aromatic rings. The number of nitrogens with zero attached hydrogens (tertiary/aromatic N) is 1. The van der Waals surface area contributed by atoms with Gasteiger partial charge in [-0.05, 0) is 52.2 Å². The van der Waals surface area contributed by atoms with Gasteiger partial charge < -0.3 is 4.74 Å². The molecule has 1 aromatic heterocycles. The first-order valence-corrected chi connectivity index (χ1v) is 6.87. The first kappa shape index (κ1) is 12.8. The summed E-state index contributed by atoms with van der Waals surface area (Å²) >= 11 is 3.41. The van der Waals surface area contributed by atoms with Crippen LogP contribution in [0.25, 0.3) is 0 Å². The molecule has 2 unspecified atom stereocenters. The van der Waals surface area contributed by atoms with Crippen LogP contribution >= 0.6 is 15.9 Å². The lowest BCUT2D eigenvalue weighted by Crippen LogP contribution is -2.19. The predicted molar refractivity (Wildman–Crippen MR) is 72.6 cm³/mol. The highest BCUT2D eigenvalue weighted by Crippen LogP contribution is 2.25. The minimum atomic E-state index is 0.652. The molecule has 0 saturated heterocycles. The Balaban J connectivity index is 1.77. The largest absolute Gasteiger partial charge is 0.376 e. The summed E-state index contributed by atoms with van der Waals surface area (Å²) in [5, 5.41) is 0. The molecule has 2 nitrogen and oxygen atoms in total. The van der Waals surface area contributed by atoms with E-state index in [9.17, 15) is 0 Å².